The van der Waals surface area contributed by atoms with Crippen LogP contribution in [-0.2, 0) is 4.74 Å². The molecule has 2 amide bonds. The Hall–Kier alpha value is -1.59. The van der Waals surface area contributed by atoms with Crippen LogP contribution in [0.3, 0.4) is 0 Å². The molecular weight excluding hydrogens is 256 g/mol. The third-order valence-corrected chi connectivity index (χ3v) is 3.57. The number of nitrogens with one attached hydrogen (secondary N) is 1. The number of aliphatic hydroxyl groups excluding tert-OH is 1. The zero-order chi connectivity index (χ0) is 14.4. The molecule has 1 aromatic rings. The SMILES string of the molecule is CN(CCO)C(=O)N[C@@H]1CCO[C@H](c2ccccc2)C1. The highest BCUT2D eigenvalue weighted by atomic mass is 16.5. The lowest BCUT2D eigenvalue weighted by Crippen LogP contribution is -2.46. The summed E-state index contributed by atoms with van der Waals surface area (Å²) in [5, 5.41) is 11.8. The Balaban J connectivity index is 1.89. The minimum atomic E-state index is -0.141. The number of aliphatic hydroxyl groups is 1. The Morgan fingerprint density at radius 3 is 2.90 bits per heavy atom. The van der Waals surface area contributed by atoms with Gasteiger partial charge in [-0.15, -0.1) is 0 Å². The Kier molecular flexibility index (Phi) is 5.38. The third-order valence-electron chi connectivity index (χ3n) is 3.57. The van der Waals surface area contributed by atoms with Crippen molar-refractivity contribution in [3.8, 4) is 0 Å². The molecule has 1 aliphatic heterocycles. The molecule has 110 valence electrons. The van der Waals surface area contributed by atoms with Crippen molar-refractivity contribution in [1.82, 2.24) is 10.2 Å². The fourth-order valence-electron chi connectivity index (χ4n) is 2.36. The standard InChI is InChI=1S/C15H22N2O3/c1-17(8-9-18)15(19)16-13-7-10-20-14(11-13)12-5-3-2-4-6-12/h2-6,13-14,18H,7-11H2,1H3,(H,16,19)/t13-,14+/m1/s1. The zero-order valence-corrected chi connectivity index (χ0v) is 11.8. The number of benzene rings is 1. The molecule has 0 saturated carbocycles. The van der Waals surface area contributed by atoms with Crippen molar-refractivity contribution < 1.29 is 14.6 Å². The Morgan fingerprint density at radius 1 is 1.45 bits per heavy atom. The first-order valence-corrected chi connectivity index (χ1v) is 6.99. The number of hydrogen-bond donors (Lipinski definition) is 2. The van der Waals surface area contributed by atoms with Crippen molar-refractivity contribution in [3.05, 3.63) is 35.9 Å². The van der Waals surface area contributed by atoms with E-state index in [4.69, 9.17) is 9.84 Å². The van der Waals surface area contributed by atoms with Gasteiger partial charge in [0.15, 0.2) is 0 Å². The molecule has 0 aliphatic carbocycles. The minimum absolute atomic E-state index is 0.0235. The van der Waals surface area contributed by atoms with Crippen molar-refractivity contribution in [2.24, 2.45) is 0 Å². The lowest BCUT2D eigenvalue weighted by atomic mass is 9.97. The van der Waals surface area contributed by atoms with Crippen LogP contribution in [0.4, 0.5) is 4.79 Å². The summed E-state index contributed by atoms with van der Waals surface area (Å²) in [6, 6.07) is 10.0. The number of rotatable bonds is 4. The second-order valence-corrected chi connectivity index (χ2v) is 5.09. The van der Waals surface area contributed by atoms with Crippen LogP contribution in [0.5, 0.6) is 0 Å². The summed E-state index contributed by atoms with van der Waals surface area (Å²) < 4.78 is 5.78. The van der Waals surface area contributed by atoms with Gasteiger partial charge in [0.1, 0.15) is 0 Å². The molecule has 2 N–H and O–H groups in total. The van der Waals surface area contributed by atoms with E-state index in [-0.39, 0.29) is 24.8 Å². The number of likely N-dealkylation sites (N-methyl/N-ethyl adjacent to an activating group) is 1. The molecule has 1 fully saturated rings. The van der Waals surface area contributed by atoms with Gasteiger partial charge in [-0.25, -0.2) is 4.79 Å². The van der Waals surface area contributed by atoms with Crippen LogP contribution in [0, 0.1) is 0 Å². The number of carbonyl (C=O) groups is 1. The molecule has 1 aromatic carbocycles. The maximum Gasteiger partial charge on any atom is 0.317 e. The second-order valence-electron chi connectivity index (χ2n) is 5.09. The Bertz CT molecular complexity index is 424. The van der Waals surface area contributed by atoms with Crippen molar-refractivity contribution >= 4 is 6.03 Å². The van der Waals surface area contributed by atoms with E-state index >= 15 is 0 Å². The molecule has 1 saturated heterocycles. The third kappa shape index (κ3) is 3.95. The molecule has 0 spiro atoms. The molecule has 2 rings (SSSR count). The number of nitrogens with zero attached hydrogens (tertiary/aromatic N) is 1. The van der Waals surface area contributed by atoms with Crippen molar-refractivity contribution in [2.75, 3.05) is 26.8 Å². The van der Waals surface area contributed by atoms with Crippen LogP contribution >= 0.6 is 0 Å². The summed E-state index contributed by atoms with van der Waals surface area (Å²) in [5.74, 6) is 0. The molecule has 5 heteroatoms. The first kappa shape index (κ1) is 14.8. The van der Waals surface area contributed by atoms with Gasteiger partial charge in [-0.2, -0.15) is 0 Å². The number of ether oxygens (including phenoxy) is 1. The van der Waals surface area contributed by atoms with E-state index in [2.05, 4.69) is 5.32 Å². The van der Waals surface area contributed by atoms with E-state index in [9.17, 15) is 4.79 Å². The van der Waals surface area contributed by atoms with E-state index in [1.807, 2.05) is 30.3 Å². The lowest BCUT2D eigenvalue weighted by Gasteiger charge is -2.31. The van der Waals surface area contributed by atoms with Gasteiger partial charge in [0.25, 0.3) is 0 Å². The molecule has 1 heterocycles. The van der Waals surface area contributed by atoms with E-state index in [1.165, 1.54) is 4.90 Å². The van der Waals surface area contributed by atoms with Gasteiger partial charge in [-0.3, -0.25) is 0 Å². The number of hydrogen-bond acceptors (Lipinski definition) is 3. The topological polar surface area (TPSA) is 61.8 Å². The molecular formula is C15H22N2O3. The maximum atomic E-state index is 11.9. The summed E-state index contributed by atoms with van der Waals surface area (Å²) in [4.78, 5) is 13.4. The average Bonchev–Trinajstić information content (AvgIpc) is 2.48. The summed E-state index contributed by atoms with van der Waals surface area (Å²) in [6.45, 7) is 0.968. The normalized spacial score (nSPS) is 22.3. The Labute approximate surface area is 119 Å². The highest BCUT2D eigenvalue weighted by Gasteiger charge is 2.25. The van der Waals surface area contributed by atoms with Crippen LogP contribution in [-0.4, -0.2) is 48.9 Å². The van der Waals surface area contributed by atoms with Gasteiger partial charge in [0, 0.05) is 26.2 Å². The van der Waals surface area contributed by atoms with Crippen molar-refractivity contribution in [1.29, 1.82) is 0 Å². The molecule has 0 aromatic heterocycles. The fourth-order valence-corrected chi connectivity index (χ4v) is 2.36. The average molecular weight is 278 g/mol. The second kappa shape index (κ2) is 7.26. The number of urea groups is 1. The summed E-state index contributed by atoms with van der Waals surface area (Å²) >= 11 is 0. The van der Waals surface area contributed by atoms with Crippen molar-refractivity contribution in [3.63, 3.8) is 0 Å². The molecule has 0 unspecified atom stereocenters. The highest BCUT2D eigenvalue weighted by molar-refractivity contribution is 5.74. The fraction of sp³-hybridized carbons (Fsp3) is 0.533. The lowest BCUT2D eigenvalue weighted by molar-refractivity contribution is 0.00155. The molecule has 5 nitrogen and oxygen atoms in total. The van der Waals surface area contributed by atoms with Crippen LogP contribution in [0.1, 0.15) is 24.5 Å². The first-order valence-electron chi connectivity index (χ1n) is 6.99. The van der Waals surface area contributed by atoms with Gasteiger partial charge in [0.05, 0.1) is 12.7 Å². The maximum absolute atomic E-state index is 11.9. The predicted molar refractivity (Wildman–Crippen MR) is 76.4 cm³/mol. The summed E-state index contributed by atoms with van der Waals surface area (Å²) in [6.07, 6.45) is 1.64. The van der Waals surface area contributed by atoms with Crippen LogP contribution in [0.25, 0.3) is 0 Å². The van der Waals surface area contributed by atoms with Gasteiger partial charge in [0.2, 0.25) is 0 Å². The van der Waals surface area contributed by atoms with Gasteiger partial charge < -0.3 is 20.1 Å². The smallest absolute Gasteiger partial charge is 0.317 e. The monoisotopic (exact) mass is 278 g/mol. The van der Waals surface area contributed by atoms with Crippen molar-refractivity contribution in [2.45, 2.75) is 25.0 Å². The largest absolute Gasteiger partial charge is 0.395 e. The van der Waals surface area contributed by atoms with E-state index in [0.29, 0.717) is 13.2 Å². The van der Waals surface area contributed by atoms with Crippen LogP contribution in [0.2, 0.25) is 0 Å². The quantitative estimate of drug-likeness (QED) is 0.878. The summed E-state index contributed by atoms with van der Waals surface area (Å²) in [7, 11) is 1.68. The van der Waals surface area contributed by atoms with E-state index in [0.717, 1.165) is 18.4 Å². The minimum Gasteiger partial charge on any atom is -0.395 e. The highest BCUT2D eigenvalue weighted by Crippen LogP contribution is 2.27. The molecule has 0 radical (unpaired) electrons. The Morgan fingerprint density at radius 2 is 2.20 bits per heavy atom. The first-order chi connectivity index (χ1) is 9.70. The molecule has 2 atom stereocenters. The predicted octanol–water partition coefficient (Wildman–Crippen LogP) is 1.54. The molecule has 0 bridgehead atoms. The molecule has 20 heavy (non-hydrogen) atoms. The zero-order valence-electron chi connectivity index (χ0n) is 11.8. The van der Waals surface area contributed by atoms with Gasteiger partial charge in [-0.05, 0) is 18.4 Å². The van der Waals surface area contributed by atoms with Crippen LogP contribution in [0.15, 0.2) is 30.3 Å². The van der Waals surface area contributed by atoms with Crippen LogP contribution < -0.4 is 5.32 Å². The van der Waals surface area contributed by atoms with Gasteiger partial charge in [-0.1, -0.05) is 30.3 Å². The van der Waals surface area contributed by atoms with Gasteiger partial charge >= 0.3 is 6.03 Å². The van der Waals surface area contributed by atoms with E-state index in [1.54, 1.807) is 7.05 Å². The molecule has 1 aliphatic rings. The van der Waals surface area contributed by atoms with E-state index < -0.39 is 0 Å². The summed E-state index contributed by atoms with van der Waals surface area (Å²) in [5.41, 5.74) is 1.15. The number of carbonyl (C=O) groups excluding carboxylic acids is 1. The number of amides is 2.